The number of anilines is 3. The van der Waals surface area contributed by atoms with E-state index in [0.717, 1.165) is 6.07 Å². The maximum absolute atomic E-state index is 12.7. The van der Waals surface area contributed by atoms with Crippen LogP contribution in [-0.2, 0) is 6.18 Å². The molecule has 0 aliphatic rings. The van der Waals surface area contributed by atoms with E-state index in [4.69, 9.17) is 5.73 Å². The van der Waals surface area contributed by atoms with Crippen molar-refractivity contribution in [3.63, 3.8) is 0 Å². The Kier molecular flexibility index (Phi) is 3.61. The SMILES string of the molecule is Nc1cc(Nc2ccc(Br)c(C(F)(F)F)c2)ncn1. The number of nitrogens with one attached hydrogen (secondary N) is 1. The molecule has 0 amide bonds. The largest absolute Gasteiger partial charge is 0.417 e. The van der Waals surface area contributed by atoms with Crippen LogP contribution < -0.4 is 11.1 Å². The molecular formula is C11H8BrF3N4. The van der Waals surface area contributed by atoms with Crippen LogP contribution in [0.2, 0.25) is 0 Å². The summed E-state index contributed by atoms with van der Waals surface area (Å²) in [5.74, 6) is 0.550. The minimum absolute atomic E-state index is 0.0206. The number of rotatable bonds is 2. The summed E-state index contributed by atoms with van der Waals surface area (Å²) in [5, 5.41) is 2.73. The Morgan fingerprint density at radius 3 is 2.53 bits per heavy atom. The van der Waals surface area contributed by atoms with E-state index in [-0.39, 0.29) is 16.0 Å². The highest BCUT2D eigenvalue weighted by Gasteiger charge is 2.33. The van der Waals surface area contributed by atoms with E-state index in [2.05, 4.69) is 31.2 Å². The molecule has 0 bridgehead atoms. The molecule has 0 radical (unpaired) electrons. The third kappa shape index (κ3) is 3.34. The Hall–Kier alpha value is -1.83. The van der Waals surface area contributed by atoms with Crippen molar-refractivity contribution >= 4 is 33.3 Å². The van der Waals surface area contributed by atoms with Crippen LogP contribution in [0.15, 0.2) is 35.1 Å². The number of alkyl halides is 3. The van der Waals surface area contributed by atoms with Gasteiger partial charge < -0.3 is 11.1 Å². The van der Waals surface area contributed by atoms with Crippen molar-refractivity contribution in [3.8, 4) is 0 Å². The van der Waals surface area contributed by atoms with Crippen molar-refractivity contribution in [3.05, 3.63) is 40.6 Å². The van der Waals surface area contributed by atoms with Crippen LogP contribution in [0.1, 0.15) is 5.56 Å². The Morgan fingerprint density at radius 2 is 1.89 bits per heavy atom. The lowest BCUT2D eigenvalue weighted by molar-refractivity contribution is -0.138. The van der Waals surface area contributed by atoms with Gasteiger partial charge in [0, 0.05) is 16.2 Å². The number of nitrogens with two attached hydrogens (primary N) is 1. The number of nitrogens with zero attached hydrogens (tertiary/aromatic N) is 2. The highest BCUT2D eigenvalue weighted by atomic mass is 79.9. The fraction of sp³-hybridized carbons (Fsp3) is 0.0909. The first kappa shape index (κ1) is 13.6. The molecular weight excluding hydrogens is 325 g/mol. The number of nitrogen functional groups attached to an aromatic ring is 1. The standard InChI is InChI=1S/C11H8BrF3N4/c12-8-2-1-6(3-7(8)11(13,14)15)19-10-4-9(16)17-5-18-10/h1-5H,(H3,16,17,18,19). The fourth-order valence-corrected chi connectivity index (χ4v) is 1.88. The molecule has 1 aromatic carbocycles. The molecule has 4 nitrogen and oxygen atoms in total. The summed E-state index contributed by atoms with van der Waals surface area (Å²) in [6, 6.07) is 5.23. The monoisotopic (exact) mass is 332 g/mol. The number of halogens is 4. The number of aromatic nitrogens is 2. The maximum Gasteiger partial charge on any atom is 0.417 e. The molecule has 1 heterocycles. The first-order chi connectivity index (χ1) is 8.86. The van der Waals surface area contributed by atoms with Crippen LogP contribution in [0.3, 0.4) is 0 Å². The molecule has 0 saturated heterocycles. The molecule has 0 aliphatic carbocycles. The second-order valence-electron chi connectivity index (χ2n) is 3.65. The first-order valence-corrected chi connectivity index (χ1v) is 5.87. The van der Waals surface area contributed by atoms with Crippen molar-refractivity contribution in [2.75, 3.05) is 11.1 Å². The quantitative estimate of drug-likeness (QED) is 0.882. The summed E-state index contributed by atoms with van der Waals surface area (Å²) in [7, 11) is 0. The van der Waals surface area contributed by atoms with E-state index in [9.17, 15) is 13.2 Å². The maximum atomic E-state index is 12.7. The van der Waals surface area contributed by atoms with Gasteiger partial charge in [-0.25, -0.2) is 9.97 Å². The Labute approximate surface area is 115 Å². The third-order valence-corrected chi connectivity index (χ3v) is 2.92. The molecule has 2 rings (SSSR count). The molecule has 3 N–H and O–H groups in total. The number of hydrogen-bond donors (Lipinski definition) is 2. The molecule has 0 spiro atoms. The summed E-state index contributed by atoms with van der Waals surface area (Å²) in [6.07, 6.45) is -3.21. The van der Waals surface area contributed by atoms with Crippen LogP contribution in [-0.4, -0.2) is 9.97 Å². The summed E-state index contributed by atoms with van der Waals surface area (Å²) >= 11 is 2.87. The molecule has 0 fully saturated rings. The van der Waals surface area contributed by atoms with E-state index >= 15 is 0 Å². The Morgan fingerprint density at radius 1 is 1.16 bits per heavy atom. The second-order valence-corrected chi connectivity index (χ2v) is 4.50. The predicted molar refractivity (Wildman–Crippen MR) is 68.9 cm³/mol. The average Bonchev–Trinajstić information content (AvgIpc) is 2.30. The number of benzene rings is 1. The van der Waals surface area contributed by atoms with E-state index in [1.165, 1.54) is 24.5 Å². The zero-order valence-electron chi connectivity index (χ0n) is 9.37. The molecule has 0 unspecified atom stereocenters. The van der Waals surface area contributed by atoms with Crippen LogP contribution in [0.4, 0.5) is 30.5 Å². The normalized spacial score (nSPS) is 11.4. The lowest BCUT2D eigenvalue weighted by Gasteiger charge is -2.12. The van der Waals surface area contributed by atoms with Crippen LogP contribution in [0.5, 0.6) is 0 Å². The van der Waals surface area contributed by atoms with Gasteiger partial charge in [0.1, 0.15) is 18.0 Å². The summed E-state index contributed by atoms with van der Waals surface area (Å²) in [6.45, 7) is 0. The van der Waals surface area contributed by atoms with E-state index in [1.54, 1.807) is 0 Å². The van der Waals surface area contributed by atoms with Gasteiger partial charge in [0.25, 0.3) is 0 Å². The zero-order valence-corrected chi connectivity index (χ0v) is 11.0. The topological polar surface area (TPSA) is 63.8 Å². The second kappa shape index (κ2) is 5.04. The van der Waals surface area contributed by atoms with Gasteiger partial charge >= 0.3 is 6.18 Å². The number of hydrogen-bond acceptors (Lipinski definition) is 4. The van der Waals surface area contributed by atoms with Crippen LogP contribution in [0.25, 0.3) is 0 Å². The molecule has 0 saturated carbocycles. The highest BCUT2D eigenvalue weighted by Crippen LogP contribution is 2.36. The van der Waals surface area contributed by atoms with Crippen molar-refractivity contribution in [2.24, 2.45) is 0 Å². The summed E-state index contributed by atoms with van der Waals surface area (Å²) < 4.78 is 38.2. The Balaban J connectivity index is 2.32. The van der Waals surface area contributed by atoms with E-state index in [0.29, 0.717) is 5.82 Å². The van der Waals surface area contributed by atoms with Gasteiger partial charge in [-0.1, -0.05) is 15.9 Å². The van der Waals surface area contributed by atoms with Gasteiger partial charge in [0.15, 0.2) is 0 Å². The van der Waals surface area contributed by atoms with Crippen molar-refractivity contribution in [1.82, 2.24) is 9.97 Å². The Bertz CT molecular complexity index is 601. The minimum atomic E-state index is -4.43. The predicted octanol–water partition coefficient (Wildman–Crippen LogP) is 3.58. The first-order valence-electron chi connectivity index (χ1n) is 5.07. The minimum Gasteiger partial charge on any atom is -0.384 e. The summed E-state index contributed by atoms with van der Waals surface area (Å²) in [5.41, 5.74) is 4.95. The molecule has 19 heavy (non-hydrogen) atoms. The molecule has 1 aromatic heterocycles. The summed E-state index contributed by atoms with van der Waals surface area (Å²) in [4.78, 5) is 7.55. The fourth-order valence-electron chi connectivity index (χ4n) is 1.41. The third-order valence-electron chi connectivity index (χ3n) is 2.23. The zero-order chi connectivity index (χ0) is 14.0. The van der Waals surface area contributed by atoms with Gasteiger partial charge in [-0.15, -0.1) is 0 Å². The van der Waals surface area contributed by atoms with Gasteiger partial charge in [0.05, 0.1) is 5.56 Å². The van der Waals surface area contributed by atoms with Gasteiger partial charge in [-0.2, -0.15) is 13.2 Å². The van der Waals surface area contributed by atoms with E-state index in [1.807, 2.05) is 0 Å². The van der Waals surface area contributed by atoms with Crippen LogP contribution in [0, 0.1) is 0 Å². The van der Waals surface area contributed by atoms with Crippen molar-refractivity contribution in [1.29, 1.82) is 0 Å². The van der Waals surface area contributed by atoms with Gasteiger partial charge in [-0.3, -0.25) is 0 Å². The lowest BCUT2D eigenvalue weighted by Crippen LogP contribution is -2.07. The van der Waals surface area contributed by atoms with E-state index < -0.39 is 11.7 Å². The highest BCUT2D eigenvalue weighted by molar-refractivity contribution is 9.10. The van der Waals surface area contributed by atoms with Crippen LogP contribution >= 0.6 is 15.9 Å². The smallest absolute Gasteiger partial charge is 0.384 e. The van der Waals surface area contributed by atoms with Crippen molar-refractivity contribution in [2.45, 2.75) is 6.18 Å². The van der Waals surface area contributed by atoms with Crippen molar-refractivity contribution < 1.29 is 13.2 Å². The molecule has 0 aliphatic heterocycles. The lowest BCUT2D eigenvalue weighted by atomic mass is 10.2. The van der Waals surface area contributed by atoms with Gasteiger partial charge in [-0.05, 0) is 18.2 Å². The molecule has 8 heteroatoms. The molecule has 100 valence electrons. The average molecular weight is 333 g/mol. The molecule has 0 atom stereocenters. The molecule has 2 aromatic rings. The van der Waals surface area contributed by atoms with Gasteiger partial charge in [0.2, 0.25) is 0 Å².